The average Bonchev–Trinajstić information content (AvgIpc) is 2.24. The molecule has 0 aliphatic rings. The van der Waals surface area contributed by atoms with Crippen LogP contribution in [0.15, 0.2) is 0 Å². The number of carbonyl (C=O) groups excluding carboxylic acids is 1. The normalized spacial score (nSPS) is 11.7. The average molecular weight is 241 g/mol. The van der Waals surface area contributed by atoms with Crippen LogP contribution in [0.25, 0.3) is 0 Å². The molecule has 0 saturated heterocycles. The van der Waals surface area contributed by atoms with Gasteiger partial charge in [-0.05, 0) is 40.2 Å². The van der Waals surface area contributed by atoms with E-state index < -0.39 is 0 Å². The van der Waals surface area contributed by atoms with E-state index in [-0.39, 0.29) is 5.54 Å². The first-order valence-corrected chi connectivity index (χ1v) is 7.25. The number of hydrogen-bond acceptors (Lipinski definition) is 2. The summed E-state index contributed by atoms with van der Waals surface area (Å²) in [6, 6.07) is 0. The van der Waals surface area contributed by atoms with Crippen LogP contribution in [0.5, 0.6) is 0 Å². The van der Waals surface area contributed by atoms with E-state index in [1.165, 1.54) is 44.9 Å². The summed E-state index contributed by atoms with van der Waals surface area (Å²) < 4.78 is 0. The van der Waals surface area contributed by atoms with Crippen LogP contribution in [0.4, 0.5) is 0 Å². The Morgan fingerprint density at radius 1 is 0.824 bits per heavy atom. The summed E-state index contributed by atoms with van der Waals surface area (Å²) in [6.45, 7) is 7.79. The van der Waals surface area contributed by atoms with Crippen LogP contribution < -0.4 is 5.32 Å². The number of rotatable bonds is 11. The minimum Gasteiger partial charge on any atom is -0.312 e. The van der Waals surface area contributed by atoms with Gasteiger partial charge in [0, 0.05) is 12.0 Å². The van der Waals surface area contributed by atoms with Gasteiger partial charge >= 0.3 is 0 Å². The molecule has 0 aliphatic carbocycles. The molecule has 0 aliphatic heterocycles. The number of nitrogens with one attached hydrogen (secondary N) is 1. The molecule has 0 saturated carbocycles. The van der Waals surface area contributed by atoms with Crippen LogP contribution in [0.3, 0.4) is 0 Å². The van der Waals surface area contributed by atoms with Crippen molar-refractivity contribution in [3.8, 4) is 0 Å². The van der Waals surface area contributed by atoms with Crippen LogP contribution in [0, 0.1) is 0 Å². The highest BCUT2D eigenvalue weighted by Crippen LogP contribution is 2.09. The molecule has 0 unspecified atom stereocenters. The number of hydrogen-bond donors (Lipinski definition) is 1. The summed E-state index contributed by atoms with van der Waals surface area (Å²) in [6.07, 6.45) is 12.1. The smallest absolute Gasteiger partial charge is 0.119 e. The van der Waals surface area contributed by atoms with Crippen molar-refractivity contribution < 1.29 is 4.79 Å². The van der Waals surface area contributed by atoms with Gasteiger partial charge < -0.3 is 10.1 Å². The van der Waals surface area contributed by atoms with Crippen molar-refractivity contribution in [3.63, 3.8) is 0 Å². The SMILES string of the molecule is CC(C)(C)NCCCCCCCCCCC=O. The van der Waals surface area contributed by atoms with Crippen molar-refractivity contribution in [2.24, 2.45) is 0 Å². The van der Waals surface area contributed by atoms with Gasteiger partial charge in [-0.25, -0.2) is 0 Å². The summed E-state index contributed by atoms with van der Waals surface area (Å²) >= 11 is 0. The molecule has 0 aromatic carbocycles. The Bertz CT molecular complexity index is 172. The van der Waals surface area contributed by atoms with E-state index in [2.05, 4.69) is 26.1 Å². The van der Waals surface area contributed by atoms with E-state index in [1.54, 1.807) is 0 Å². The summed E-state index contributed by atoms with van der Waals surface area (Å²) in [4.78, 5) is 10.1. The third-order valence-corrected chi connectivity index (χ3v) is 2.90. The van der Waals surface area contributed by atoms with Crippen molar-refractivity contribution in [3.05, 3.63) is 0 Å². The third-order valence-electron chi connectivity index (χ3n) is 2.90. The molecule has 1 N–H and O–H groups in total. The molecular formula is C15H31NO. The maximum atomic E-state index is 10.1. The highest BCUT2D eigenvalue weighted by Gasteiger charge is 2.06. The van der Waals surface area contributed by atoms with Crippen LogP contribution in [-0.2, 0) is 4.79 Å². The third kappa shape index (κ3) is 15.6. The second kappa shape index (κ2) is 10.8. The highest BCUT2D eigenvalue weighted by molar-refractivity contribution is 5.48. The topological polar surface area (TPSA) is 29.1 Å². The zero-order valence-corrected chi connectivity index (χ0v) is 12.1. The molecule has 0 radical (unpaired) electrons. The largest absolute Gasteiger partial charge is 0.312 e. The molecule has 0 fully saturated rings. The fraction of sp³-hybridized carbons (Fsp3) is 0.933. The maximum absolute atomic E-state index is 10.1. The zero-order valence-electron chi connectivity index (χ0n) is 12.1. The molecule has 0 aromatic heterocycles. The molecule has 0 atom stereocenters. The lowest BCUT2D eigenvalue weighted by Crippen LogP contribution is -2.36. The Balaban J connectivity index is 3.01. The molecule has 0 spiro atoms. The summed E-state index contributed by atoms with van der Waals surface area (Å²) in [5.74, 6) is 0. The predicted octanol–water partition coefficient (Wildman–Crippen LogP) is 4.08. The Labute approximate surface area is 108 Å². The Kier molecular flexibility index (Phi) is 10.5. The van der Waals surface area contributed by atoms with Gasteiger partial charge in [0.1, 0.15) is 6.29 Å². The molecular weight excluding hydrogens is 210 g/mol. The lowest BCUT2D eigenvalue weighted by atomic mass is 10.1. The van der Waals surface area contributed by atoms with E-state index in [1.807, 2.05) is 0 Å². The number of unbranched alkanes of at least 4 members (excludes halogenated alkanes) is 8. The fourth-order valence-corrected chi connectivity index (χ4v) is 1.88. The van der Waals surface area contributed by atoms with E-state index in [9.17, 15) is 4.79 Å². The van der Waals surface area contributed by atoms with Gasteiger partial charge in [-0.3, -0.25) is 0 Å². The van der Waals surface area contributed by atoms with Crippen LogP contribution in [0.2, 0.25) is 0 Å². The Morgan fingerprint density at radius 3 is 1.76 bits per heavy atom. The Hall–Kier alpha value is -0.370. The molecule has 0 heterocycles. The molecule has 17 heavy (non-hydrogen) atoms. The lowest BCUT2D eigenvalue weighted by Gasteiger charge is -2.20. The minimum atomic E-state index is 0.262. The number of aldehydes is 1. The van der Waals surface area contributed by atoms with Crippen LogP contribution in [-0.4, -0.2) is 18.4 Å². The molecule has 0 rings (SSSR count). The van der Waals surface area contributed by atoms with Gasteiger partial charge in [-0.15, -0.1) is 0 Å². The van der Waals surface area contributed by atoms with Crippen LogP contribution in [0.1, 0.15) is 78.6 Å². The quantitative estimate of drug-likeness (QED) is 0.436. The van der Waals surface area contributed by atoms with E-state index in [0.717, 1.165) is 25.7 Å². The van der Waals surface area contributed by atoms with Gasteiger partial charge in [0.15, 0.2) is 0 Å². The van der Waals surface area contributed by atoms with Gasteiger partial charge in [-0.2, -0.15) is 0 Å². The van der Waals surface area contributed by atoms with Crippen LogP contribution >= 0.6 is 0 Å². The van der Waals surface area contributed by atoms with E-state index in [0.29, 0.717) is 0 Å². The van der Waals surface area contributed by atoms with Crippen molar-refractivity contribution in [2.75, 3.05) is 6.54 Å². The highest BCUT2D eigenvalue weighted by atomic mass is 16.1. The van der Waals surface area contributed by atoms with E-state index >= 15 is 0 Å². The van der Waals surface area contributed by atoms with Gasteiger partial charge in [-0.1, -0.05) is 38.5 Å². The Morgan fingerprint density at radius 2 is 1.29 bits per heavy atom. The molecule has 102 valence electrons. The predicted molar refractivity (Wildman–Crippen MR) is 75.4 cm³/mol. The summed E-state index contributed by atoms with van der Waals surface area (Å²) in [7, 11) is 0. The van der Waals surface area contributed by atoms with Gasteiger partial charge in [0.2, 0.25) is 0 Å². The first kappa shape index (κ1) is 16.6. The molecule has 0 aromatic rings. The van der Waals surface area contributed by atoms with Gasteiger partial charge in [0.25, 0.3) is 0 Å². The van der Waals surface area contributed by atoms with E-state index in [4.69, 9.17) is 0 Å². The second-order valence-electron chi connectivity index (χ2n) is 5.96. The van der Waals surface area contributed by atoms with Crippen molar-refractivity contribution in [2.45, 2.75) is 84.1 Å². The standard InChI is InChI=1S/C15H31NO/c1-15(2,3)16-13-11-9-7-5-4-6-8-10-12-14-17/h14,16H,4-13H2,1-3H3. The van der Waals surface area contributed by atoms with Gasteiger partial charge in [0.05, 0.1) is 0 Å². The summed E-state index contributed by atoms with van der Waals surface area (Å²) in [5.41, 5.74) is 0.262. The first-order valence-electron chi connectivity index (χ1n) is 7.25. The second-order valence-corrected chi connectivity index (χ2v) is 5.96. The van der Waals surface area contributed by atoms with Crippen molar-refractivity contribution in [1.82, 2.24) is 5.32 Å². The van der Waals surface area contributed by atoms with Crippen molar-refractivity contribution in [1.29, 1.82) is 0 Å². The molecule has 2 nitrogen and oxygen atoms in total. The minimum absolute atomic E-state index is 0.262. The molecule has 0 amide bonds. The summed E-state index contributed by atoms with van der Waals surface area (Å²) in [5, 5.41) is 3.51. The number of carbonyl (C=O) groups is 1. The zero-order chi connectivity index (χ0) is 13.0. The molecule has 2 heteroatoms. The monoisotopic (exact) mass is 241 g/mol. The molecule has 0 bridgehead atoms. The lowest BCUT2D eigenvalue weighted by molar-refractivity contribution is -0.107. The fourth-order valence-electron chi connectivity index (χ4n) is 1.88. The maximum Gasteiger partial charge on any atom is 0.119 e. The first-order chi connectivity index (χ1) is 8.06. The van der Waals surface area contributed by atoms with Crippen molar-refractivity contribution >= 4 is 6.29 Å².